The van der Waals surface area contributed by atoms with Crippen molar-refractivity contribution in [2.24, 2.45) is 0 Å². The second-order valence-electron chi connectivity index (χ2n) is 8.58. The van der Waals surface area contributed by atoms with Crippen molar-refractivity contribution in [1.82, 2.24) is 14.9 Å². The third-order valence-electron chi connectivity index (χ3n) is 6.31. The van der Waals surface area contributed by atoms with Gasteiger partial charge in [-0.25, -0.2) is 4.98 Å². The maximum absolute atomic E-state index is 9.67. The molecule has 31 heavy (non-hydrogen) atoms. The fraction of sp³-hybridized carbons (Fsp3) is 0.308. The molecule has 0 saturated carbocycles. The Morgan fingerprint density at radius 1 is 0.903 bits per heavy atom. The molecule has 0 unspecified atom stereocenters. The Bertz CT molecular complexity index is 1200. The van der Waals surface area contributed by atoms with E-state index in [1.807, 2.05) is 24.4 Å². The standard InChI is InChI=1S/C26H28N4O/c27-26-25-23(22-3-1-2-4-24(22)29-26)15-20(16-28-25)10-7-18-5-8-19(9-6-18)17-30-13-11-21(31)12-14-30/h1-6,8-9,15-16,21,31H,7,10-14,17H2,(H2,27,29). The molecule has 0 amide bonds. The number of fused-ring (bicyclic) bond motifs is 3. The summed E-state index contributed by atoms with van der Waals surface area (Å²) in [5.74, 6) is 0.485. The van der Waals surface area contributed by atoms with Crippen LogP contribution < -0.4 is 5.73 Å². The number of rotatable bonds is 5. The molecule has 0 spiro atoms. The van der Waals surface area contributed by atoms with Crippen LogP contribution in [0.5, 0.6) is 0 Å². The van der Waals surface area contributed by atoms with E-state index in [1.165, 1.54) is 16.7 Å². The Morgan fingerprint density at radius 2 is 1.61 bits per heavy atom. The van der Waals surface area contributed by atoms with Gasteiger partial charge in [0.05, 0.1) is 11.6 Å². The number of hydrogen-bond donors (Lipinski definition) is 2. The maximum Gasteiger partial charge on any atom is 0.150 e. The van der Waals surface area contributed by atoms with E-state index in [1.54, 1.807) is 0 Å². The molecule has 3 heterocycles. The molecule has 2 aromatic heterocycles. The third kappa shape index (κ3) is 4.38. The lowest BCUT2D eigenvalue weighted by molar-refractivity contribution is 0.0792. The molecule has 5 heteroatoms. The Balaban J connectivity index is 1.28. The second-order valence-corrected chi connectivity index (χ2v) is 8.58. The van der Waals surface area contributed by atoms with Crippen molar-refractivity contribution in [3.8, 4) is 0 Å². The van der Waals surface area contributed by atoms with Gasteiger partial charge in [0.15, 0.2) is 5.82 Å². The Labute approximate surface area is 182 Å². The first kappa shape index (κ1) is 19.9. The van der Waals surface area contributed by atoms with Crippen LogP contribution in [0, 0.1) is 0 Å². The Kier molecular flexibility index (Phi) is 5.53. The molecule has 0 aliphatic carbocycles. The van der Waals surface area contributed by atoms with Crippen LogP contribution in [0.25, 0.3) is 21.8 Å². The first-order chi connectivity index (χ1) is 15.2. The minimum atomic E-state index is -0.117. The van der Waals surface area contributed by atoms with Crippen LogP contribution in [-0.4, -0.2) is 39.2 Å². The van der Waals surface area contributed by atoms with E-state index in [-0.39, 0.29) is 6.10 Å². The first-order valence-electron chi connectivity index (χ1n) is 11.1. The lowest BCUT2D eigenvalue weighted by atomic mass is 10.0. The van der Waals surface area contributed by atoms with Crippen LogP contribution in [0.15, 0.2) is 60.8 Å². The molecule has 2 aromatic carbocycles. The van der Waals surface area contributed by atoms with Crippen LogP contribution in [0.1, 0.15) is 29.5 Å². The number of benzene rings is 2. The van der Waals surface area contributed by atoms with Gasteiger partial charge in [0.1, 0.15) is 5.52 Å². The molecule has 1 fully saturated rings. The summed E-state index contributed by atoms with van der Waals surface area (Å²) in [7, 11) is 0. The zero-order valence-corrected chi connectivity index (χ0v) is 17.7. The summed E-state index contributed by atoms with van der Waals surface area (Å²) < 4.78 is 0. The van der Waals surface area contributed by atoms with Gasteiger partial charge in [0.25, 0.3) is 0 Å². The number of hydrogen-bond acceptors (Lipinski definition) is 5. The van der Waals surface area contributed by atoms with E-state index >= 15 is 0 Å². The van der Waals surface area contributed by atoms with Crippen molar-refractivity contribution in [3.63, 3.8) is 0 Å². The minimum Gasteiger partial charge on any atom is -0.393 e. The number of aliphatic hydroxyl groups is 1. The third-order valence-corrected chi connectivity index (χ3v) is 6.31. The van der Waals surface area contributed by atoms with Gasteiger partial charge in [0, 0.05) is 36.6 Å². The number of anilines is 1. The monoisotopic (exact) mass is 412 g/mol. The van der Waals surface area contributed by atoms with Gasteiger partial charge < -0.3 is 10.8 Å². The van der Waals surface area contributed by atoms with Crippen LogP contribution in [0.4, 0.5) is 5.82 Å². The highest BCUT2D eigenvalue weighted by Gasteiger charge is 2.16. The maximum atomic E-state index is 9.67. The van der Waals surface area contributed by atoms with E-state index in [9.17, 15) is 5.11 Å². The van der Waals surface area contributed by atoms with Crippen LogP contribution in [-0.2, 0) is 19.4 Å². The molecular weight excluding hydrogens is 384 g/mol. The predicted octanol–water partition coefficient (Wildman–Crippen LogP) is 4.11. The number of nitrogens with zero attached hydrogens (tertiary/aromatic N) is 3. The molecule has 3 N–H and O–H groups in total. The van der Waals surface area contributed by atoms with E-state index in [2.05, 4.69) is 51.3 Å². The summed E-state index contributed by atoms with van der Waals surface area (Å²) in [6.07, 6.45) is 5.48. The number of piperidine rings is 1. The van der Waals surface area contributed by atoms with Crippen molar-refractivity contribution in [1.29, 1.82) is 0 Å². The van der Waals surface area contributed by atoms with E-state index in [0.29, 0.717) is 5.82 Å². The molecule has 1 aliphatic heterocycles. The molecule has 0 atom stereocenters. The number of aryl methyl sites for hydroxylation is 2. The van der Waals surface area contributed by atoms with Crippen molar-refractivity contribution >= 4 is 27.6 Å². The number of nitrogens with two attached hydrogens (primary N) is 1. The molecule has 1 saturated heterocycles. The number of aliphatic hydroxyl groups excluding tert-OH is 1. The van der Waals surface area contributed by atoms with Gasteiger partial charge in [-0.3, -0.25) is 9.88 Å². The fourth-order valence-electron chi connectivity index (χ4n) is 4.47. The number of para-hydroxylation sites is 1. The topological polar surface area (TPSA) is 75.3 Å². The van der Waals surface area contributed by atoms with Gasteiger partial charge in [-0.05, 0) is 54.5 Å². The van der Waals surface area contributed by atoms with Gasteiger partial charge in [0.2, 0.25) is 0 Å². The highest BCUT2D eigenvalue weighted by molar-refractivity contribution is 6.08. The SMILES string of the molecule is Nc1nc2ccccc2c2cc(CCc3ccc(CN4CCC(O)CC4)cc3)cnc12. The average Bonchev–Trinajstić information content (AvgIpc) is 2.80. The molecule has 0 radical (unpaired) electrons. The molecule has 0 bridgehead atoms. The number of pyridine rings is 2. The zero-order chi connectivity index (χ0) is 21.2. The summed E-state index contributed by atoms with van der Waals surface area (Å²) in [6.45, 7) is 2.92. The predicted molar refractivity (Wildman–Crippen MR) is 126 cm³/mol. The van der Waals surface area contributed by atoms with Gasteiger partial charge in [-0.15, -0.1) is 0 Å². The lowest BCUT2D eigenvalue weighted by Crippen LogP contribution is -2.35. The lowest BCUT2D eigenvalue weighted by Gasteiger charge is -2.29. The smallest absolute Gasteiger partial charge is 0.150 e. The summed E-state index contributed by atoms with van der Waals surface area (Å²) in [4.78, 5) is 11.5. The second kappa shape index (κ2) is 8.61. The fourth-order valence-corrected chi connectivity index (χ4v) is 4.47. The average molecular weight is 413 g/mol. The minimum absolute atomic E-state index is 0.117. The van der Waals surface area contributed by atoms with Gasteiger partial charge in [-0.1, -0.05) is 42.5 Å². The van der Waals surface area contributed by atoms with E-state index in [4.69, 9.17) is 5.73 Å². The molecule has 5 nitrogen and oxygen atoms in total. The van der Waals surface area contributed by atoms with E-state index < -0.39 is 0 Å². The van der Waals surface area contributed by atoms with Crippen molar-refractivity contribution in [3.05, 3.63) is 77.5 Å². The molecule has 158 valence electrons. The van der Waals surface area contributed by atoms with E-state index in [0.717, 1.165) is 67.1 Å². The summed E-state index contributed by atoms with van der Waals surface area (Å²) in [5.41, 5.74) is 11.7. The number of aromatic nitrogens is 2. The van der Waals surface area contributed by atoms with Crippen molar-refractivity contribution in [2.75, 3.05) is 18.8 Å². The highest BCUT2D eigenvalue weighted by Crippen LogP contribution is 2.27. The quantitative estimate of drug-likeness (QED) is 0.483. The molecule has 1 aliphatic rings. The Morgan fingerprint density at radius 3 is 2.42 bits per heavy atom. The van der Waals surface area contributed by atoms with Crippen LogP contribution >= 0.6 is 0 Å². The summed E-state index contributed by atoms with van der Waals surface area (Å²) >= 11 is 0. The Hall–Kier alpha value is -3.02. The molecule has 4 aromatic rings. The van der Waals surface area contributed by atoms with Crippen LogP contribution in [0.3, 0.4) is 0 Å². The number of likely N-dealkylation sites (tertiary alicyclic amines) is 1. The normalized spacial score (nSPS) is 15.6. The highest BCUT2D eigenvalue weighted by atomic mass is 16.3. The van der Waals surface area contributed by atoms with Gasteiger partial charge >= 0.3 is 0 Å². The summed E-state index contributed by atoms with van der Waals surface area (Å²) in [5, 5.41) is 11.8. The van der Waals surface area contributed by atoms with Crippen molar-refractivity contribution < 1.29 is 5.11 Å². The largest absolute Gasteiger partial charge is 0.393 e. The first-order valence-corrected chi connectivity index (χ1v) is 11.1. The molecule has 5 rings (SSSR count). The van der Waals surface area contributed by atoms with Gasteiger partial charge in [-0.2, -0.15) is 0 Å². The number of nitrogen functional groups attached to an aromatic ring is 1. The molecular formula is C26H28N4O. The van der Waals surface area contributed by atoms with Crippen LogP contribution in [0.2, 0.25) is 0 Å². The summed E-state index contributed by atoms with van der Waals surface area (Å²) in [6, 6.07) is 19.2. The zero-order valence-electron chi connectivity index (χ0n) is 17.7. The van der Waals surface area contributed by atoms with Crippen molar-refractivity contribution in [2.45, 2.75) is 38.3 Å².